The molecular weight excluding hydrogens is 244 g/mol. The summed E-state index contributed by atoms with van der Waals surface area (Å²) < 4.78 is 0. The molecule has 1 aliphatic rings. The molecule has 0 spiro atoms. The van der Waals surface area contributed by atoms with E-state index in [9.17, 15) is 9.59 Å². The van der Waals surface area contributed by atoms with Gasteiger partial charge in [0.05, 0.1) is 12.5 Å². The second-order valence-corrected chi connectivity index (χ2v) is 4.61. The highest BCUT2D eigenvalue weighted by atomic mass is 16.2. The summed E-state index contributed by atoms with van der Waals surface area (Å²) in [5.74, 6) is -0.129. The standard InChI is InChI=1S/C13H22N4O2/c1-2-3-5-12(18)17-9-8-15-10-11(17)13(19)16-7-4-6-14/h11,15H,2-5,7-10H2,1H3,(H,16,19). The highest BCUT2D eigenvalue weighted by Gasteiger charge is 2.31. The van der Waals surface area contributed by atoms with Gasteiger partial charge in [0.25, 0.3) is 0 Å². The third kappa shape index (κ3) is 4.87. The van der Waals surface area contributed by atoms with Crippen LogP contribution in [0, 0.1) is 11.3 Å². The van der Waals surface area contributed by atoms with Gasteiger partial charge < -0.3 is 15.5 Å². The molecule has 0 aliphatic carbocycles. The predicted molar refractivity (Wildman–Crippen MR) is 71.1 cm³/mol. The summed E-state index contributed by atoms with van der Waals surface area (Å²) >= 11 is 0. The van der Waals surface area contributed by atoms with Gasteiger partial charge in [-0.05, 0) is 6.42 Å². The Labute approximate surface area is 114 Å². The summed E-state index contributed by atoms with van der Waals surface area (Å²) in [4.78, 5) is 25.7. The van der Waals surface area contributed by atoms with Crippen LogP contribution in [0.5, 0.6) is 0 Å². The van der Waals surface area contributed by atoms with Crippen LogP contribution in [0.25, 0.3) is 0 Å². The van der Waals surface area contributed by atoms with E-state index in [1.54, 1.807) is 4.90 Å². The van der Waals surface area contributed by atoms with Crippen LogP contribution >= 0.6 is 0 Å². The van der Waals surface area contributed by atoms with Crippen molar-refractivity contribution in [3.8, 4) is 6.07 Å². The molecule has 0 saturated carbocycles. The minimum Gasteiger partial charge on any atom is -0.353 e. The number of carbonyl (C=O) groups is 2. The largest absolute Gasteiger partial charge is 0.353 e. The van der Waals surface area contributed by atoms with Crippen molar-refractivity contribution in [1.82, 2.24) is 15.5 Å². The minimum absolute atomic E-state index is 0.0452. The number of hydrogen-bond donors (Lipinski definition) is 2. The lowest BCUT2D eigenvalue weighted by Gasteiger charge is -2.35. The van der Waals surface area contributed by atoms with Gasteiger partial charge in [0.2, 0.25) is 11.8 Å². The molecule has 0 aromatic carbocycles. The molecule has 1 unspecified atom stereocenters. The Morgan fingerprint density at radius 3 is 3.00 bits per heavy atom. The van der Waals surface area contributed by atoms with E-state index < -0.39 is 6.04 Å². The van der Waals surface area contributed by atoms with Gasteiger partial charge in [-0.2, -0.15) is 5.26 Å². The van der Waals surface area contributed by atoms with E-state index in [-0.39, 0.29) is 18.2 Å². The molecule has 1 heterocycles. The van der Waals surface area contributed by atoms with Crippen molar-refractivity contribution in [2.75, 3.05) is 26.2 Å². The van der Waals surface area contributed by atoms with Crippen LogP contribution in [0.2, 0.25) is 0 Å². The lowest BCUT2D eigenvalue weighted by molar-refractivity contribution is -0.141. The van der Waals surface area contributed by atoms with Crippen molar-refractivity contribution in [3.63, 3.8) is 0 Å². The van der Waals surface area contributed by atoms with Gasteiger partial charge in [-0.15, -0.1) is 0 Å². The molecule has 1 fully saturated rings. The fraction of sp³-hybridized carbons (Fsp3) is 0.769. The lowest BCUT2D eigenvalue weighted by atomic mass is 10.1. The SMILES string of the molecule is CCCCC(=O)N1CCNCC1C(=O)NCCC#N. The molecule has 106 valence electrons. The summed E-state index contributed by atoms with van der Waals surface area (Å²) in [6, 6.07) is 1.53. The Morgan fingerprint density at radius 1 is 1.53 bits per heavy atom. The van der Waals surface area contributed by atoms with Crippen molar-refractivity contribution < 1.29 is 9.59 Å². The van der Waals surface area contributed by atoms with Crippen molar-refractivity contribution in [3.05, 3.63) is 0 Å². The first kappa shape index (κ1) is 15.4. The second-order valence-electron chi connectivity index (χ2n) is 4.61. The molecule has 0 bridgehead atoms. The van der Waals surface area contributed by atoms with Gasteiger partial charge in [0.1, 0.15) is 6.04 Å². The molecule has 2 N–H and O–H groups in total. The number of nitrogens with zero attached hydrogens (tertiary/aromatic N) is 2. The Bertz CT molecular complexity index is 351. The number of carbonyl (C=O) groups excluding carboxylic acids is 2. The summed E-state index contributed by atoms with van der Waals surface area (Å²) in [5.41, 5.74) is 0. The highest BCUT2D eigenvalue weighted by molar-refractivity contribution is 5.88. The molecular formula is C13H22N4O2. The molecule has 2 amide bonds. The summed E-state index contributed by atoms with van der Waals surface area (Å²) in [6.45, 7) is 4.15. The minimum atomic E-state index is -0.447. The molecule has 6 nitrogen and oxygen atoms in total. The molecule has 19 heavy (non-hydrogen) atoms. The van der Waals surface area contributed by atoms with Gasteiger partial charge in [0, 0.05) is 32.6 Å². The molecule has 1 atom stereocenters. The first-order valence-corrected chi connectivity index (χ1v) is 6.85. The van der Waals surface area contributed by atoms with Crippen LogP contribution in [0.1, 0.15) is 32.6 Å². The average molecular weight is 266 g/mol. The number of unbranched alkanes of at least 4 members (excludes halogenated alkanes) is 1. The van der Waals surface area contributed by atoms with E-state index in [1.807, 2.05) is 13.0 Å². The Kier molecular flexibility index (Phi) is 6.90. The zero-order chi connectivity index (χ0) is 14.1. The van der Waals surface area contributed by atoms with E-state index in [2.05, 4.69) is 10.6 Å². The van der Waals surface area contributed by atoms with E-state index in [4.69, 9.17) is 5.26 Å². The number of nitriles is 1. The zero-order valence-electron chi connectivity index (χ0n) is 11.4. The predicted octanol–water partition coefficient (Wildman–Crippen LogP) is 0.00688. The maximum Gasteiger partial charge on any atom is 0.244 e. The maximum absolute atomic E-state index is 12.1. The quantitative estimate of drug-likeness (QED) is 0.663. The number of hydrogen-bond acceptors (Lipinski definition) is 4. The van der Waals surface area contributed by atoms with Crippen LogP contribution < -0.4 is 10.6 Å². The van der Waals surface area contributed by atoms with Crippen molar-refractivity contribution in [2.24, 2.45) is 0 Å². The van der Waals surface area contributed by atoms with Gasteiger partial charge in [0.15, 0.2) is 0 Å². The van der Waals surface area contributed by atoms with Gasteiger partial charge in [-0.1, -0.05) is 13.3 Å². The molecule has 0 radical (unpaired) electrons. The Hall–Kier alpha value is -1.61. The third-order valence-corrected chi connectivity index (χ3v) is 3.15. The topological polar surface area (TPSA) is 85.2 Å². The van der Waals surface area contributed by atoms with Crippen LogP contribution in [-0.4, -0.2) is 48.9 Å². The fourth-order valence-electron chi connectivity index (χ4n) is 2.07. The van der Waals surface area contributed by atoms with Gasteiger partial charge in [-0.25, -0.2) is 0 Å². The van der Waals surface area contributed by atoms with Crippen LogP contribution in [0.4, 0.5) is 0 Å². The lowest BCUT2D eigenvalue weighted by Crippen LogP contribution is -2.59. The molecule has 1 rings (SSSR count). The van der Waals surface area contributed by atoms with Gasteiger partial charge in [-0.3, -0.25) is 9.59 Å². The van der Waals surface area contributed by atoms with E-state index in [0.29, 0.717) is 26.1 Å². The molecule has 1 aliphatic heterocycles. The number of piperazine rings is 1. The smallest absolute Gasteiger partial charge is 0.244 e. The number of rotatable bonds is 6. The van der Waals surface area contributed by atoms with E-state index in [1.165, 1.54) is 0 Å². The highest BCUT2D eigenvalue weighted by Crippen LogP contribution is 2.08. The third-order valence-electron chi connectivity index (χ3n) is 3.15. The number of nitrogens with one attached hydrogen (secondary N) is 2. The normalized spacial score (nSPS) is 18.7. The molecule has 6 heteroatoms. The van der Waals surface area contributed by atoms with Crippen molar-refractivity contribution in [1.29, 1.82) is 5.26 Å². The summed E-state index contributed by atoms with van der Waals surface area (Å²) in [7, 11) is 0. The molecule has 0 aromatic heterocycles. The van der Waals surface area contributed by atoms with Crippen molar-refractivity contribution in [2.45, 2.75) is 38.6 Å². The second kappa shape index (κ2) is 8.48. The monoisotopic (exact) mass is 266 g/mol. The maximum atomic E-state index is 12.1. The molecule has 0 aromatic rings. The zero-order valence-corrected chi connectivity index (χ0v) is 11.4. The van der Waals surface area contributed by atoms with Crippen LogP contribution in [0.15, 0.2) is 0 Å². The Morgan fingerprint density at radius 2 is 2.32 bits per heavy atom. The van der Waals surface area contributed by atoms with E-state index >= 15 is 0 Å². The van der Waals surface area contributed by atoms with Gasteiger partial charge >= 0.3 is 0 Å². The van der Waals surface area contributed by atoms with Crippen LogP contribution in [0.3, 0.4) is 0 Å². The average Bonchev–Trinajstić information content (AvgIpc) is 2.45. The first-order valence-electron chi connectivity index (χ1n) is 6.85. The summed E-state index contributed by atoms with van der Waals surface area (Å²) in [6.07, 6.45) is 2.61. The first-order chi connectivity index (χ1) is 9.20. The summed E-state index contributed by atoms with van der Waals surface area (Å²) in [5, 5.41) is 14.3. The molecule has 1 saturated heterocycles. The fourth-order valence-corrected chi connectivity index (χ4v) is 2.07. The Balaban J connectivity index is 2.54. The number of amides is 2. The van der Waals surface area contributed by atoms with E-state index in [0.717, 1.165) is 19.4 Å². The van der Waals surface area contributed by atoms with Crippen molar-refractivity contribution >= 4 is 11.8 Å². The van der Waals surface area contributed by atoms with Crippen LogP contribution in [-0.2, 0) is 9.59 Å².